The highest BCUT2D eigenvalue weighted by Crippen LogP contribution is 2.26. The van der Waals surface area contributed by atoms with Gasteiger partial charge in [0.25, 0.3) is 11.8 Å². The molecule has 0 saturated carbocycles. The Morgan fingerprint density at radius 1 is 1.03 bits per heavy atom. The molecule has 7 nitrogen and oxygen atoms in total. The zero-order valence-electron chi connectivity index (χ0n) is 16.5. The van der Waals surface area contributed by atoms with Gasteiger partial charge in [0.1, 0.15) is 15.9 Å². The molecule has 3 amide bonds. The summed E-state index contributed by atoms with van der Waals surface area (Å²) in [4.78, 5) is 39.6. The third-order valence-corrected chi connectivity index (χ3v) is 6.44. The normalized spacial score (nSPS) is 15.6. The predicted molar refractivity (Wildman–Crippen MR) is 116 cm³/mol. The van der Waals surface area contributed by atoms with Crippen LogP contribution < -0.4 is 5.32 Å². The molecule has 3 rings (SSSR count). The van der Waals surface area contributed by atoms with E-state index < -0.39 is 39.6 Å². The molecule has 0 saturated heterocycles. The van der Waals surface area contributed by atoms with Crippen molar-refractivity contribution in [2.75, 3.05) is 12.0 Å². The summed E-state index contributed by atoms with van der Waals surface area (Å²) in [6, 6.07) is 12.0. The van der Waals surface area contributed by atoms with Gasteiger partial charge in [0.05, 0.1) is 22.9 Å². The van der Waals surface area contributed by atoms with Crippen LogP contribution in [0.25, 0.3) is 0 Å². The molecule has 0 fully saturated rings. The molecular weight excluding hydrogens is 472 g/mol. The number of imide groups is 1. The number of rotatable bonds is 7. The molecular formula is C21H21BrN2O5S. The van der Waals surface area contributed by atoms with Crippen LogP contribution in [0.2, 0.25) is 0 Å². The molecule has 0 aromatic heterocycles. The van der Waals surface area contributed by atoms with E-state index in [-0.39, 0.29) is 23.3 Å². The first-order valence-electron chi connectivity index (χ1n) is 9.29. The van der Waals surface area contributed by atoms with E-state index in [2.05, 4.69) is 21.2 Å². The Morgan fingerprint density at radius 3 is 2.07 bits per heavy atom. The highest BCUT2D eigenvalue weighted by molar-refractivity contribution is 9.10. The van der Waals surface area contributed by atoms with Gasteiger partial charge < -0.3 is 5.32 Å². The lowest BCUT2D eigenvalue weighted by Crippen LogP contribution is -2.50. The van der Waals surface area contributed by atoms with Gasteiger partial charge in [-0.3, -0.25) is 19.3 Å². The summed E-state index contributed by atoms with van der Waals surface area (Å²) in [7, 11) is -3.40. The molecule has 2 aromatic carbocycles. The smallest absolute Gasteiger partial charge is 0.262 e. The molecule has 0 aliphatic carbocycles. The largest absolute Gasteiger partial charge is 0.348 e. The Balaban J connectivity index is 1.87. The quantitative estimate of drug-likeness (QED) is 0.598. The number of fused-ring (bicyclic) bond motifs is 1. The van der Waals surface area contributed by atoms with Crippen LogP contribution in [-0.2, 0) is 14.6 Å². The van der Waals surface area contributed by atoms with Gasteiger partial charge in [0.2, 0.25) is 5.91 Å². The number of sulfone groups is 1. The predicted octanol–water partition coefficient (Wildman–Crippen LogP) is 2.73. The second-order valence-electron chi connectivity index (χ2n) is 7.24. The molecule has 9 heteroatoms. The van der Waals surface area contributed by atoms with Crippen molar-refractivity contribution in [1.29, 1.82) is 0 Å². The van der Waals surface area contributed by atoms with Crippen LogP contribution in [0.4, 0.5) is 0 Å². The Morgan fingerprint density at radius 2 is 1.57 bits per heavy atom. The van der Waals surface area contributed by atoms with Crippen molar-refractivity contribution >= 4 is 43.5 Å². The lowest BCUT2D eigenvalue weighted by molar-refractivity contribution is -0.125. The standard InChI is InChI=1S/C21H21BrN2O5S/c1-13(14-7-9-15(22)10-8-14)23-19(25)18(11-12-30(2,28)29)24-20(26)16-5-3-4-6-17(16)21(24)27/h3-10,13,18H,11-12H2,1-2H3,(H,23,25). The minimum absolute atomic E-state index is 0.177. The fraction of sp³-hybridized carbons (Fsp3) is 0.286. The van der Waals surface area contributed by atoms with Crippen LogP contribution in [-0.4, -0.2) is 49.1 Å². The summed E-state index contributed by atoms with van der Waals surface area (Å²) in [6.07, 6.45) is 0.873. The third-order valence-electron chi connectivity index (χ3n) is 4.93. The maximum absolute atomic E-state index is 13.1. The van der Waals surface area contributed by atoms with Gasteiger partial charge in [-0.2, -0.15) is 0 Å². The van der Waals surface area contributed by atoms with Crippen LogP contribution >= 0.6 is 15.9 Å². The second-order valence-corrected chi connectivity index (χ2v) is 10.4. The number of hydrogen-bond donors (Lipinski definition) is 1. The van der Waals surface area contributed by atoms with Gasteiger partial charge in [-0.25, -0.2) is 8.42 Å². The van der Waals surface area contributed by atoms with Crippen molar-refractivity contribution in [3.8, 4) is 0 Å². The van der Waals surface area contributed by atoms with Crippen LogP contribution in [0, 0.1) is 0 Å². The zero-order valence-corrected chi connectivity index (χ0v) is 18.9. The Bertz CT molecular complexity index is 1060. The first kappa shape index (κ1) is 22.2. The average Bonchev–Trinajstić information content (AvgIpc) is 2.93. The molecule has 2 unspecified atom stereocenters. The fourth-order valence-electron chi connectivity index (χ4n) is 3.34. The van der Waals surface area contributed by atoms with Crippen LogP contribution in [0.5, 0.6) is 0 Å². The zero-order chi connectivity index (χ0) is 22.1. The van der Waals surface area contributed by atoms with Crippen molar-refractivity contribution in [2.24, 2.45) is 0 Å². The highest BCUT2D eigenvalue weighted by atomic mass is 79.9. The summed E-state index contributed by atoms with van der Waals surface area (Å²) in [5.41, 5.74) is 1.25. The molecule has 0 bridgehead atoms. The van der Waals surface area contributed by atoms with E-state index in [1.54, 1.807) is 19.1 Å². The average molecular weight is 493 g/mol. The fourth-order valence-corrected chi connectivity index (χ4v) is 4.25. The summed E-state index contributed by atoms with van der Waals surface area (Å²) < 4.78 is 24.3. The topological polar surface area (TPSA) is 101 Å². The van der Waals surface area contributed by atoms with Crippen molar-refractivity contribution in [3.63, 3.8) is 0 Å². The van der Waals surface area contributed by atoms with E-state index in [0.717, 1.165) is 21.2 Å². The van der Waals surface area contributed by atoms with E-state index >= 15 is 0 Å². The van der Waals surface area contributed by atoms with E-state index in [1.165, 1.54) is 12.1 Å². The van der Waals surface area contributed by atoms with E-state index in [0.29, 0.717) is 0 Å². The maximum atomic E-state index is 13.1. The highest BCUT2D eigenvalue weighted by Gasteiger charge is 2.43. The number of nitrogens with one attached hydrogen (secondary N) is 1. The first-order valence-corrected chi connectivity index (χ1v) is 12.1. The van der Waals surface area contributed by atoms with Crippen LogP contribution in [0.1, 0.15) is 45.7 Å². The number of nitrogens with zero attached hydrogens (tertiary/aromatic N) is 1. The van der Waals surface area contributed by atoms with Crippen LogP contribution in [0.15, 0.2) is 53.0 Å². The Hall–Kier alpha value is -2.52. The molecule has 158 valence electrons. The molecule has 1 heterocycles. The number of amides is 3. The van der Waals surface area contributed by atoms with Gasteiger partial charge in [0, 0.05) is 10.7 Å². The molecule has 1 N–H and O–H groups in total. The number of benzene rings is 2. The minimum atomic E-state index is -3.40. The molecule has 2 atom stereocenters. The maximum Gasteiger partial charge on any atom is 0.262 e. The molecule has 2 aromatic rings. The van der Waals surface area contributed by atoms with Gasteiger partial charge in [0.15, 0.2) is 0 Å². The molecule has 30 heavy (non-hydrogen) atoms. The van der Waals surface area contributed by atoms with E-state index in [4.69, 9.17) is 0 Å². The third kappa shape index (κ3) is 4.79. The molecule has 0 spiro atoms. The second kappa shape index (κ2) is 8.69. The van der Waals surface area contributed by atoms with Crippen molar-refractivity contribution < 1.29 is 22.8 Å². The van der Waals surface area contributed by atoms with Gasteiger partial charge in [-0.15, -0.1) is 0 Å². The Kier molecular flexibility index (Phi) is 6.42. The minimum Gasteiger partial charge on any atom is -0.348 e. The van der Waals surface area contributed by atoms with Crippen LogP contribution in [0.3, 0.4) is 0 Å². The number of carbonyl (C=O) groups is 3. The monoisotopic (exact) mass is 492 g/mol. The van der Waals surface area contributed by atoms with E-state index in [1.807, 2.05) is 24.3 Å². The summed E-state index contributed by atoms with van der Waals surface area (Å²) in [6.45, 7) is 1.77. The number of hydrogen-bond acceptors (Lipinski definition) is 5. The molecule has 1 aliphatic heterocycles. The SMILES string of the molecule is CC(NC(=O)C(CCS(C)(=O)=O)N1C(=O)c2ccccc2C1=O)c1ccc(Br)cc1. The number of halogens is 1. The van der Waals surface area contributed by atoms with Crippen molar-refractivity contribution in [1.82, 2.24) is 10.2 Å². The van der Waals surface area contributed by atoms with Crippen molar-refractivity contribution in [2.45, 2.75) is 25.4 Å². The summed E-state index contributed by atoms with van der Waals surface area (Å²) >= 11 is 3.35. The number of carbonyl (C=O) groups excluding carboxylic acids is 3. The Labute approximate surface area is 183 Å². The van der Waals surface area contributed by atoms with E-state index in [9.17, 15) is 22.8 Å². The summed E-state index contributed by atoms with van der Waals surface area (Å²) in [5.74, 6) is -2.10. The first-order chi connectivity index (χ1) is 14.1. The van der Waals surface area contributed by atoms with Gasteiger partial charge >= 0.3 is 0 Å². The lowest BCUT2D eigenvalue weighted by atomic mass is 10.1. The van der Waals surface area contributed by atoms with Gasteiger partial charge in [-0.05, 0) is 43.2 Å². The van der Waals surface area contributed by atoms with Crippen molar-refractivity contribution in [3.05, 3.63) is 69.7 Å². The molecule has 1 aliphatic rings. The summed E-state index contributed by atoms with van der Waals surface area (Å²) in [5, 5.41) is 2.80. The van der Waals surface area contributed by atoms with Gasteiger partial charge in [-0.1, -0.05) is 40.2 Å². The lowest BCUT2D eigenvalue weighted by Gasteiger charge is -2.27. The molecule has 0 radical (unpaired) electrons.